The summed E-state index contributed by atoms with van der Waals surface area (Å²) >= 11 is 0. The zero-order chi connectivity index (χ0) is 12.4. The van der Waals surface area contributed by atoms with Gasteiger partial charge in [-0.05, 0) is 30.4 Å². The van der Waals surface area contributed by atoms with Gasteiger partial charge < -0.3 is 5.32 Å². The molecule has 92 valence electrons. The average Bonchev–Trinajstić information content (AvgIpc) is 2.31. The molecule has 1 N–H and O–H groups in total. The molecule has 0 saturated carbocycles. The van der Waals surface area contributed by atoms with Gasteiger partial charge in [-0.15, -0.1) is 0 Å². The lowest BCUT2D eigenvalue weighted by Crippen LogP contribution is -2.10. The highest BCUT2D eigenvalue weighted by Gasteiger charge is 2.04. The third kappa shape index (κ3) is 6.49. The normalized spacial score (nSPS) is 12.4. The summed E-state index contributed by atoms with van der Waals surface area (Å²) in [5, 5.41) is 3.36. The molecule has 0 amide bonds. The molecule has 1 aromatic rings. The minimum Gasteiger partial charge on any atom is -0.385 e. The molecule has 0 fully saturated rings. The predicted octanol–water partition coefficient (Wildman–Crippen LogP) is 4.73. The van der Waals surface area contributed by atoms with Gasteiger partial charge in [0.1, 0.15) is 0 Å². The lowest BCUT2D eigenvalue weighted by atomic mass is 10.0. The largest absolute Gasteiger partial charge is 0.385 e. The van der Waals surface area contributed by atoms with E-state index < -0.39 is 0 Å². The number of fused-ring (bicyclic) bond motifs is 1. The highest BCUT2D eigenvalue weighted by molar-refractivity contribution is 5.52. The van der Waals surface area contributed by atoms with Crippen molar-refractivity contribution >= 4 is 5.69 Å². The third-order valence-electron chi connectivity index (χ3n) is 1.96. The summed E-state index contributed by atoms with van der Waals surface area (Å²) in [6.07, 6.45) is 2.51. The van der Waals surface area contributed by atoms with E-state index in [1.165, 1.54) is 24.1 Å². The molecule has 16 heavy (non-hydrogen) atoms. The minimum atomic E-state index is 0.833. The molecule has 0 unspecified atom stereocenters. The molecule has 0 radical (unpaired) electrons. The molecule has 0 spiro atoms. The predicted molar refractivity (Wildman–Crippen MR) is 75.1 cm³/mol. The summed E-state index contributed by atoms with van der Waals surface area (Å²) in [5.41, 5.74) is 2.79. The Hall–Kier alpha value is -0.980. The standard InChI is InChI=1S/C9H11N.C4H10.C2H6/c1-2-6-9-8(4-1)5-3-7-10-9;1-4(2)3;1-2/h1-2,4,6,10H,3,5,7H2;4H,1-3H3;1-2H3. The Labute approximate surface area is 101 Å². The van der Waals surface area contributed by atoms with E-state index in [9.17, 15) is 0 Å². The lowest BCUT2D eigenvalue weighted by molar-refractivity contribution is 0.737. The van der Waals surface area contributed by atoms with Crippen LogP contribution in [0.15, 0.2) is 24.3 Å². The first-order valence-electron chi connectivity index (χ1n) is 6.52. The second-order valence-electron chi connectivity index (χ2n) is 4.42. The van der Waals surface area contributed by atoms with Gasteiger partial charge in [-0.2, -0.15) is 0 Å². The Balaban J connectivity index is 0.000000323. The van der Waals surface area contributed by atoms with E-state index in [1.54, 1.807) is 0 Å². The van der Waals surface area contributed by atoms with Crippen molar-refractivity contribution in [2.45, 2.75) is 47.5 Å². The first kappa shape index (κ1) is 15.0. The van der Waals surface area contributed by atoms with Crippen LogP contribution in [0.4, 0.5) is 5.69 Å². The maximum Gasteiger partial charge on any atom is 0.0372 e. The Morgan fingerprint density at radius 3 is 2.19 bits per heavy atom. The summed E-state index contributed by atoms with van der Waals surface area (Å²) in [6.45, 7) is 11.6. The van der Waals surface area contributed by atoms with Crippen LogP contribution in [-0.2, 0) is 6.42 Å². The SMILES string of the molecule is CC.CC(C)C.c1ccc2c(c1)CCCN2. The molecule has 0 aromatic heterocycles. The van der Waals surface area contributed by atoms with Crippen LogP contribution in [0.1, 0.15) is 46.6 Å². The van der Waals surface area contributed by atoms with Crippen LogP contribution in [0.5, 0.6) is 0 Å². The topological polar surface area (TPSA) is 12.0 Å². The molecule has 1 heteroatoms. The summed E-state index contributed by atoms with van der Waals surface area (Å²) in [6, 6.07) is 8.53. The number of hydrogen-bond acceptors (Lipinski definition) is 1. The van der Waals surface area contributed by atoms with Crippen LogP contribution in [-0.4, -0.2) is 6.54 Å². The van der Waals surface area contributed by atoms with E-state index in [1.807, 2.05) is 13.8 Å². The molecule has 0 saturated heterocycles. The van der Waals surface area contributed by atoms with Crippen molar-refractivity contribution in [3.63, 3.8) is 0 Å². The van der Waals surface area contributed by atoms with E-state index in [0.717, 1.165) is 12.5 Å². The highest BCUT2D eigenvalue weighted by Crippen LogP contribution is 2.19. The van der Waals surface area contributed by atoms with Gasteiger partial charge in [0.05, 0.1) is 0 Å². The Morgan fingerprint density at radius 1 is 1.06 bits per heavy atom. The monoisotopic (exact) mass is 221 g/mol. The second-order valence-corrected chi connectivity index (χ2v) is 4.42. The number of nitrogens with one attached hydrogen (secondary N) is 1. The number of para-hydroxylation sites is 1. The fourth-order valence-corrected chi connectivity index (χ4v) is 1.41. The first-order valence-corrected chi connectivity index (χ1v) is 6.52. The Kier molecular flexibility index (Phi) is 8.69. The van der Waals surface area contributed by atoms with Gasteiger partial charge in [-0.3, -0.25) is 0 Å². The maximum atomic E-state index is 3.36. The Morgan fingerprint density at radius 2 is 1.62 bits per heavy atom. The van der Waals surface area contributed by atoms with Crippen molar-refractivity contribution < 1.29 is 0 Å². The van der Waals surface area contributed by atoms with Crippen molar-refractivity contribution in [3.8, 4) is 0 Å². The molecule has 0 atom stereocenters. The number of rotatable bonds is 0. The molecular formula is C15H27N. The van der Waals surface area contributed by atoms with Crippen molar-refractivity contribution in [1.82, 2.24) is 0 Å². The van der Waals surface area contributed by atoms with E-state index in [0.29, 0.717) is 0 Å². The fourth-order valence-electron chi connectivity index (χ4n) is 1.41. The summed E-state index contributed by atoms with van der Waals surface area (Å²) in [5.74, 6) is 0.833. The molecule has 0 bridgehead atoms. The van der Waals surface area contributed by atoms with E-state index in [2.05, 4.69) is 50.4 Å². The molecule has 1 nitrogen and oxygen atoms in total. The maximum absolute atomic E-state index is 3.36. The highest BCUT2D eigenvalue weighted by atomic mass is 14.9. The molecular weight excluding hydrogens is 194 g/mol. The van der Waals surface area contributed by atoms with Crippen LogP contribution in [0.25, 0.3) is 0 Å². The van der Waals surface area contributed by atoms with E-state index in [-0.39, 0.29) is 0 Å². The summed E-state index contributed by atoms with van der Waals surface area (Å²) in [7, 11) is 0. The quantitative estimate of drug-likeness (QED) is 0.667. The number of hydrogen-bond donors (Lipinski definition) is 1. The molecule has 2 rings (SSSR count). The van der Waals surface area contributed by atoms with Crippen LogP contribution >= 0.6 is 0 Å². The number of aryl methyl sites for hydroxylation is 1. The number of anilines is 1. The van der Waals surface area contributed by atoms with Gasteiger partial charge in [0, 0.05) is 12.2 Å². The zero-order valence-electron chi connectivity index (χ0n) is 11.5. The molecule has 1 aliphatic heterocycles. The third-order valence-corrected chi connectivity index (χ3v) is 1.96. The van der Waals surface area contributed by atoms with Gasteiger partial charge in [0.2, 0.25) is 0 Å². The average molecular weight is 221 g/mol. The summed E-state index contributed by atoms with van der Waals surface area (Å²) in [4.78, 5) is 0. The Bertz CT molecular complexity index is 238. The first-order chi connectivity index (χ1) is 7.70. The molecule has 1 aliphatic rings. The van der Waals surface area contributed by atoms with Gasteiger partial charge in [-0.1, -0.05) is 52.8 Å². The number of benzene rings is 1. The van der Waals surface area contributed by atoms with Crippen LogP contribution < -0.4 is 5.32 Å². The van der Waals surface area contributed by atoms with Crippen molar-refractivity contribution in [2.75, 3.05) is 11.9 Å². The van der Waals surface area contributed by atoms with Gasteiger partial charge >= 0.3 is 0 Å². The molecule has 1 aromatic carbocycles. The lowest BCUT2D eigenvalue weighted by Gasteiger charge is -2.16. The van der Waals surface area contributed by atoms with Crippen LogP contribution in [0, 0.1) is 5.92 Å². The molecule has 0 aliphatic carbocycles. The van der Waals surface area contributed by atoms with Crippen molar-refractivity contribution in [1.29, 1.82) is 0 Å². The van der Waals surface area contributed by atoms with E-state index in [4.69, 9.17) is 0 Å². The van der Waals surface area contributed by atoms with Crippen molar-refractivity contribution in [2.24, 2.45) is 5.92 Å². The fraction of sp³-hybridized carbons (Fsp3) is 0.600. The van der Waals surface area contributed by atoms with Gasteiger partial charge in [-0.25, -0.2) is 0 Å². The zero-order valence-corrected chi connectivity index (χ0v) is 11.5. The van der Waals surface area contributed by atoms with Gasteiger partial charge in [0.25, 0.3) is 0 Å². The van der Waals surface area contributed by atoms with Crippen LogP contribution in [0.2, 0.25) is 0 Å². The second kappa shape index (κ2) is 9.26. The molecule has 1 heterocycles. The van der Waals surface area contributed by atoms with E-state index >= 15 is 0 Å². The van der Waals surface area contributed by atoms with Crippen LogP contribution in [0.3, 0.4) is 0 Å². The van der Waals surface area contributed by atoms with Crippen molar-refractivity contribution in [3.05, 3.63) is 29.8 Å². The smallest absolute Gasteiger partial charge is 0.0372 e. The van der Waals surface area contributed by atoms with Gasteiger partial charge in [0.15, 0.2) is 0 Å². The summed E-state index contributed by atoms with van der Waals surface area (Å²) < 4.78 is 0. The minimum absolute atomic E-state index is 0.833.